The fourth-order valence-corrected chi connectivity index (χ4v) is 4.07. The van der Waals surface area contributed by atoms with E-state index >= 15 is 0 Å². The molecule has 2 unspecified atom stereocenters. The molecule has 0 spiro atoms. The second-order valence-corrected chi connectivity index (χ2v) is 7.64. The second kappa shape index (κ2) is 7.72. The number of rotatable bonds is 6. The van der Waals surface area contributed by atoms with Crippen LogP contribution >= 0.6 is 11.8 Å². The number of carbonyl (C=O) groups excluding carboxylic acids is 2. The highest BCUT2D eigenvalue weighted by Gasteiger charge is 2.52. The average Bonchev–Trinajstić information content (AvgIpc) is 3.24. The lowest BCUT2D eigenvalue weighted by Crippen LogP contribution is -2.72. The lowest BCUT2D eigenvalue weighted by atomic mass is 9.96. The van der Waals surface area contributed by atoms with Gasteiger partial charge in [0.2, 0.25) is 11.1 Å². The fraction of sp³-hybridized carbons (Fsp3) is 0.389. The summed E-state index contributed by atoms with van der Waals surface area (Å²) in [4.78, 5) is 26.8. The number of hydrogen-bond donors (Lipinski definition) is 2. The summed E-state index contributed by atoms with van der Waals surface area (Å²) in [5.74, 6) is -0.0832. The van der Waals surface area contributed by atoms with E-state index in [0.717, 1.165) is 16.8 Å². The number of ether oxygens (including phenoxy) is 1. The molecule has 4 rings (SSSR count). The molecular weight excluding hydrogens is 380 g/mol. The van der Waals surface area contributed by atoms with Crippen molar-refractivity contribution in [3.05, 3.63) is 47.2 Å². The summed E-state index contributed by atoms with van der Waals surface area (Å²) < 4.78 is 5.85. The summed E-state index contributed by atoms with van der Waals surface area (Å²) in [7, 11) is 0. The van der Waals surface area contributed by atoms with Crippen LogP contribution in [0.15, 0.2) is 46.8 Å². The predicted molar refractivity (Wildman–Crippen MR) is 101 cm³/mol. The largest absolute Gasteiger partial charge is 0.351 e. The number of aromatic nitrogens is 4. The van der Waals surface area contributed by atoms with Crippen molar-refractivity contribution < 1.29 is 14.3 Å². The number of tetrazole rings is 1. The molecule has 2 amide bonds. The van der Waals surface area contributed by atoms with Gasteiger partial charge in [-0.15, -0.1) is 10.2 Å². The minimum Gasteiger partial charge on any atom is -0.351 e. The summed E-state index contributed by atoms with van der Waals surface area (Å²) in [6, 6.07) is 8.83. The van der Waals surface area contributed by atoms with Crippen LogP contribution < -0.4 is 5.32 Å². The Hall–Kier alpha value is -2.72. The summed E-state index contributed by atoms with van der Waals surface area (Å²) >= 11 is 1.42. The third-order valence-corrected chi connectivity index (χ3v) is 5.96. The SMILES string of the molecule is CC1=C(CSc2nn[nH]n2)CO[C@@H]2C(NC(=O)C(C)c3ccccc3)C(=O)N12. The molecule has 2 aliphatic rings. The van der Waals surface area contributed by atoms with Crippen molar-refractivity contribution in [2.24, 2.45) is 0 Å². The highest BCUT2D eigenvalue weighted by Crippen LogP contribution is 2.34. The summed E-state index contributed by atoms with van der Waals surface area (Å²) in [5, 5.41) is 17.1. The Morgan fingerprint density at radius 2 is 2.21 bits per heavy atom. The number of aromatic amines is 1. The zero-order valence-electron chi connectivity index (χ0n) is 15.5. The van der Waals surface area contributed by atoms with Crippen molar-refractivity contribution in [2.45, 2.75) is 37.2 Å². The van der Waals surface area contributed by atoms with Crippen molar-refractivity contribution in [3.8, 4) is 0 Å². The molecule has 1 fully saturated rings. The number of β-lactam (4-membered cyclic amide) rings is 1. The minimum atomic E-state index is -0.653. The maximum atomic E-state index is 12.6. The molecule has 0 aliphatic carbocycles. The number of thioether (sulfide) groups is 1. The molecule has 28 heavy (non-hydrogen) atoms. The molecular formula is C18H20N6O3S. The molecule has 1 aromatic heterocycles. The van der Waals surface area contributed by atoms with Crippen LogP contribution in [0.2, 0.25) is 0 Å². The van der Waals surface area contributed by atoms with E-state index in [4.69, 9.17) is 4.74 Å². The lowest BCUT2D eigenvalue weighted by Gasteiger charge is -2.50. The van der Waals surface area contributed by atoms with Crippen molar-refractivity contribution in [2.75, 3.05) is 12.4 Å². The number of fused-ring (bicyclic) bond motifs is 1. The topological polar surface area (TPSA) is 113 Å². The van der Waals surface area contributed by atoms with Crippen LogP contribution in [0.25, 0.3) is 0 Å². The Morgan fingerprint density at radius 1 is 1.43 bits per heavy atom. The number of H-pyrrole nitrogens is 1. The van der Waals surface area contributed by atoms with Crippen molar-refractivity contribution >= 4 is 23.6 Å². The molecule has 2 N–H and O–H groups in total. The number of benzene rings is 1. The number of allylic oxidation sites excluding steroid dienone is 1. The first kappa shape index (κ1) is 18.6. The minimum absolute atomic E-state index is 0.155. The van der Waals surface area contributed by atoms with E-state index < -0.39 is 12.3 Å². The molecule has 1 saturated heterocycles. The first-order valence-electron chi connectivity index (χ1n) is 8.91. The van der Waals surface area contributed by atoms with E-state index in [1.807, 2.05) is 44.2 Å². The average molecular weight is 400 g/mol. The van der Waals surface area contributed by atoms with Gasteiger partial charge >= 0.3 is 0 Å². The van der Waals surface area contributed by atoms with E-state index in [9.17, 15) is 9.59 Å². The van der Waals surface area contributed by atoms with E-state index in [1.54, 1.807) is 4.90 Å². The zero-order valence-corrected chi connectivity index (χ0v) is 16.3. The van der Waals surface area contributed by atoms with Crippen LogP contribution in [0.4, 0.5) is 0 Å². The maximum Gasteiger partial charge on any atom is 0.256 e. The molecule has 1 aromatic carbocycles. The highest BCUT2D eigenvalue weighted by atomic mass is 32.2. The molecule has 2 aliphatic heterocycles. The molecule has 0 radical (unpaired) electrons. The number of nitrogens with zero attached hydrogens (tertiary/aromatic N) is 4. The van der Waals surface area contributed by atoms with Gasteiger partial charge in [0.15, 0.2) is 12.3 Å². The maximum absolute atomic E-state index is 12.6. The normalized spacial score (nSPS) is 22.5. The number of carbonyl (C=O) groups is 2. The van der Waals surface area contributed by atoms with E-state index in [0.29, 0.717) is 17.5 Å². The molecule has 2 aromatic rings. The van der Waals surface area contributed by atoms with Gasteiger partial charge in [0.25, 0.3) is 5.91 Å². The Bertz CT molecular complexity index is 901. The zero-order chi connectivity index (χ0) is 19.7. The Balaban J connectivity index is 1.38. The second-order valence-electron chi connectivity index (χ2n) is 6.70. The van der Waals surface area contributed by atoms with E-state index in [-0.39, 0.29) is 17.7 Å². The molecule has 10 heteroatoms. The van der Waals surface area contributed by atoms with Crippen LogP contribution in [0.1, 0.15) is 25.3 Å². The van der Waals surface area contributed by atoms with Gasteiger partial charge in [-0.3, -0.25) is 14.5 Å². The van der Waals surface area contributed by atoms with E-state index in [2.05, 4.69) is 25.9 Å². The quantitative estimate of drug-likeness (QED) is 0.550. The van der Waals surface area contributed by atoms with Gasteiger partial charge in [-0.05, 0) is 30.2 Å². The van der Waals surface area contributed by atoms with Gasteiger partial charge in [0.1, 0.15) is 0 Å². The third-order valence-electron chi connectivity index (χ3n) is 5.04. The van der Waals surface area contributed by atoms with Gasteiger partial charge in [-0.1, -0.05) is 42.1 Å². The van der Waals surface area contributed by atoms with Crippen LogP contribution in [0.5, 0.6) is 0 Å². The van der Waals surface area contributed by atoms with Crippen LogP contribution in [-0.2, 0) is 14.3 Å². The lowest BCUT2D eigenvalue weighted by molar-refractivity contribution is -0.181. The predicted octanol–water partition coefficient (Wildman–Crippen LogP) is 1.05. The van der Waals surface area contributed by atoms with Crippen LogP contribution in [0, 0.1) is 0 Å². The molecule has 146 valence electrons. The Labute approximate surface area is 165 Å². The van der Waals surface area contributed by atoms with Gasteiger partial charge in [-0.2, -0.15) is 5.21 Å². The molecule has 0 saturated carbocycles. The Morgan fingerprint density at radius 3 is 2.93 bits per heavy atom. The molecule has 0 bridgehead atoms. The molecule has 3 atom stereocenters. The Kier molecular flexibility index (Phi) is 5.14. The monoisotopic (exact) mass is 400 g/mol. The molecule has 9 nitrogen and oxygen atoms in total. The van der Waals surface area contributed by atoms with Crippen molar-refractivity contribution in [3.63, 3.8) is 0 Å². The number of nitrogens with one attached hydrogen (secondary N) is 2. The third kappa shape index (κ3) is 3.40. The van der Waals surface area contributed by atoms with Crippen molar-refractivity contribution in [1.82, 2.24) is 30.8 Å². The number of amides is 2. The van der Waals surface area contributed by atoms with Gasteiger partial charge < -0.3 is 10.1 Å². The van der Waals surface area contributed by atoms with Gasteiger partial charge in [0.05, 0.1) is 12.5 Å². The van der Waals surface area contributed by atoms with Crippen LogP contribution in [-0.4, -0.2) is 62.0 Å². The smallest absolute Gasteiger partial charge is 0.256 e. The first-order chi connectivity index (χ1) is 13.6. The van der Waals surface area contributed by atoms with Gasteiger partial charge in [-0.25, -0.2) is 0 Å². The fourth-order valence-electron chi connectivity index (χ4n) is 3.27. The molecule has 3 heterocycles. The van der Waals surface area contributed by atoms with Gasteiger partial charge in [0, 0.05) is 11.4 Å². The first-order valence-corrected chi connectivity index (χ1v) is 9.89. The summed E-state index contributed by atoms with van der Waals surface area (Å²) in [6.07, 6.45) is -0.460. The number of hydrogen-bond acceptors (Lipinski definition) is 7. The van der Waals surface area contributed by atoms with Crippen molar-refractivity contribution in [1.29, 1.82) is 0 Å². The standard InChI is InChI=1S/C18H20N6O3S/c1-10(12-6-4-3-5-7-12)15(25)19-14-16(26)24-11(2)13(8-27-17(14)24)9-28-18-20-22-23-21-18/h3-7,10,14,17H,8-9H2,1-2H3,(H,19,25)(H,20,21,22,23)/t10?,14?,17-/m1/s1. The summed E-state index contributed by atoms with van der Waals surface area (Å²) in [5.41, 5.74) is 2.76. The van der Waals surface area contributed by atoms with E-state index in [1.165, 1.54) is 11.8 Å². The van der Waals surface area contributed by atoms with Crippen LogP contribution in [0.3, 0.4) is 0 Å². The summed E-state index contributed by atoms with van der Waals surface area (Å²) in [6.45, 7) is 4.11. The highest BCUT2D eigenvalue weighted by molar-refractivity contribution is 7.99.